The van der Waals surface area contributed by atoms with Gasteiger partial charge in [0.15, 0.2) is 9.84 Å². The van der Waals surface area contributed by atoms with E-state index in [1.165, 1.54) is 0 Å². The van der Waals surface area contributed by atoms with Crippen molar-refractivity contribution in [3.05, 3.63) is 42.4 Å². The van der Waals surface area contributed by atoms with Gasteiger partial charge >= 0.3 is 0 Å². The standard InChI is InChI=1S/C22H25N7O2S/c1-14(2)29-21-17(12-25-29)5-4-16-11-24-22(27-20(16)21)26-19-10-15(3)18(13-23-19)28-6-8-32(30,31)9-7-28/h4-5,10-14H,6-9H2,1-3H3,(H,23,24,26,27). The van der Waals surface area contributed by atoms with E-state index in [9.17, 15) is 8.42 Å². The molecule has 0 radical (unpaired) electrons. The molecule has 0 unspecified atom stereocenters. The van der Waals surface area contributed by atoms with E-state index in [0.717, 1.165) is 33.1 Å². The van der Waals surface area contributed by atoms with Gasteiger partial charge in [0.1, 0.15) is 11.3 Å². The largest absolute Gasteiger partial charge is 0.368 e. The lowest BCUT2D eigenvalue weighted by Crippen LogP contribution is -2.40. The number of hydrogen-bond donors (Lipinski definition) is 1. The molecule has 9 nitrogen and oxygen atoms in total. The summed E-state index contributed by atoms with van der Waals surface area (Å²) in [6.45, 7) is 7.17. The van der Waals surface area contributed by atoms with Gasteiger partial charge in [0.2, 0.25) is 5.95 Å². The van der Waals surface area contributed by atoms with Crippen LogP contribution in [0.3, 0.4) is 0 Å². The van der Waals surface area contributed by atoms with Gasteiger partial charge in [-0.25, -0.2) is 23.4 Å². The zero-order chi connectivity index (χ0) is 22.5. The van der Waals surface area contributed by atoms with E-state index in [4.69, 9.17) is 4.98 Å². The van der Waals surface area contributed by atoms with E-state index in [1.807, 2.05) is 36.0 Å². The number of aromatic nitrogens is 5. The van der Waals surface area contributed by atoms with Gasteiger partial charge < -0.3 is 10.2 Å². The maximum absolute atomic E-state index is 11.7. The summed E-state index contributed by atoms with van der Waals surface area (Å²) in [5, 5.41) is 9.71. The SMILES string of the molecule is Cc1cc(Nc2ncc3ccc4cnn(C(C)C)c4c3n2)ncc1N1CCS(=O)(=O)CC1. The van der Waals surface area contributed by atoms with E-state index in [1.54, 1.807) is 12.4 Å². The second-order valence-electron chi connectivity index (χ2n) is 8.44. The highest BCUT2D eigenvalue weighted by Gasteiger charge is 2.23. The van der Waals surface area contributed by atoms with Crippen molar-refractivity contribution in [2.24, 2.45) is 0 Å². The van der Waals surface area contributed by atoms with Crippen LogP contribution in [-0.4, -0.2) is 57.7 Å². The molecule has 0 bridgehead atoms. The van der Waals surface area contributed by atoms with Crippen LogP contribution in [0.25, 0.3) is 21.8 Å². The van der Waals surface area contributed by atoms with Crippen molar-refractivity contribution in [2.45, 2.75) is 26.8 Å². The predicted octanol–water partition coefficient (Wildman–Crippen LogP) is 3.24. The molecule has 1 aromatic carbocycles. The van der Waals surface area contributed by atoms with Crippen LogP contribution in [0.2, 0.25) is 0 Å². The molecule has 5 rings (SSSR count). The molecule has 4 heterocycles. The molecule has 4 aromatic rings. The van der Waals surface area contributed by atoms with Crippen molar-refractivity contribution in [2.75, 3.05) is 34.8 Å². The number of anilines is 3. The van der Waals surface area contributed by atoms with E-state index in [2.05, 4.69) is 39.1 Å². The van der Waals surface area contributed by atoms with Gasteiger partial charge in [-0.3, -0.25) is 4.68 Å². The number of sulfone groups is 1. The lowest BCUT2D eigenvalue weighted by molar-refractivity contribution is 0.552. The molecular weight excluding hydrogens is 426 g/mol. The van der Waals surface area contributed by atoms with E-state index in [0.29, 0.717) is 24.9 Å². The Morgan fingerprint density at radius 2 is 1.78 bits per heavy atom. The first-order valence-electron chi connectivity index (χ1n) is 10.6. The zero-order valence-electron chi connectivity index (χ0n) is 18.3. The predicted molar refractivity (Wildman–Crippen MR) is 126 cm³/mol. The topological polar surface area (TPSA) is 106 Å². The summed E-state index contributed by atoms with van der Waals surface area (Å²) in [7, 11) is -2.92. The Morgan fingerprint density at radius 1 is 1.03 bits per heavy atom. The minimum Gasteiger partial charge on any atom is -0.368 e. The molecule has 3 aromatic heterocycles. The van der Waals surface area contributed by atoms with Crippen LogP contribution in [0, 0.1) is 6.92 Å². The third-order valence-corrected chi connectivity index (χ3v) is 7.41. The number of rotatable bonds is 4. The lowest BCUT2D eigenvalue weighted by atomic mass is 10.2. The molecule has 0 aliphatic carbocycles. The molecule has 32 heavy (non-hydrogen) atoms. The van der Waals surface area contributed by atoms with Crippen molar-refractivity contribution in [3.63, 3.8) is 0 Å². The summed E-state index contributed by atoms with van der Waals surface area (Å²) in [5.41, 5.74) is 3.80. The molecule has 1 aliphatic heterocycles. The zero-order valence-corrected chi connectivity index (χ0v) is 19.1. The van der Waals surface area contributed by atoms with E-state index < -0.39 is 9.84 Å². The summed E-state index contributed by atoms with van der Waals surface area (Å²) < 4.78 is 25.4. The van der Waals surface area contributed by atoms with Gasteiger partial charge in [-0.2, -0.15) is 5.10 Å². The van der Waals surface area contributed by atoms with Gasteiger partial charge in [-0.15, -0.1) is 0 Å². The van der Waals surface area contributed by atoms with E-state index in [-0.39, 0.29) is 17.5 Å². The fourth-order valence-corrected chi connectivity index (χ4v) is 5.29. The van der Waals surface area contributed by atoms with Crippen LogP contribution in [0.4, 0.5) is 17.5 Å². The Morgan fingerprint density at radius 3 is 2.50 bits per heavy atom. The van der Waals surface area contributed by atoms with Crippen LogP contribution < -0.4 is 10.2 Å². The first-order chi connectivity index (χ1) is 15.3. The highest BCUT2D eigenvalue weighted by Crippen LogP contribution is 2.28. The molecule has 1 saturated heterocycles. The molecule has 0 amide bonds. The summed E-state index contributed by atoms with van der Waals surface area (Å²) in [4.78, 5) is 15.8. The normalized spacial score (nSPS) is 16.2. The summed E-state index contributed by atoms with van der Waals surface area (Å²) >= 11 is 0. The Kier molecular flexibility index (Phi) is 4.96. The molecular formula is C22H25N7O2S. The second kappa shape index (κ2) is 7.70. The summed E-state index contributed by atoms with van der Waals surface area (Å²) in [6.07, 6.45) is 5.44. The Balaban J connectivity index is 1.45. The van der Waals surface area contributed by atoms with Crippen LogP contribution in [0.1, 0.15) is 25.5 Å². The minimum atomic E-state index is -2.92. The second-order valence-corrected chi connectivity index (χ2v) is 10.7. The first kappa shape index (κ1) is 20.6. The summed E-state index contributed by atoms with van der Waals surface area (Å²) in [5.74, 6) is 1.46. The van der Waals surface area contributed by atoms with Gasteiger partial charge in [-0.1, -0.05) is 12.1 Å². The fraction of sp³-hybridized carbons (Fsp3) is 0.364. The number of fused-ring (bicyclic) bond motifs is 3. The number of benzene rings is 1. The quantitative estimate of drug-likeness (QED) is 0.504. The third-order valence-electron chi connectivity index (χ3n) is 5.80. The monoisotopic (exact) mass is 451 g/mol. The molecule has 1 aliphatic rings. The highest BCUT2D eigenvalue weighted by molar-refractivity contribution is 7.91. The Bertz CT molecular complexity index is 1420. The number of nitrogens with one attached hydrogen (secondary N) is 1. The van der Waals surface area contributed by atoms with Gasteiger partial charge in [0.25, 0.3) is 0 Å². The highest BCUT2D eigenvalue weighted by atomic mass is 32.2. The average molecular weight is 452 g/mol. The van der Waals surface area contributed by atoms with Crippen molar-refractivity contribution in [1.29, 1.82) is 0 Å². The molecule has 0 atom stereocenters. The number of pyridine rings is 1. The Hall–Kier alpha value is -3.27. The molecule has 10 heteroatoms. The van der Waals surface area contributed by atoms with Crippen molar-refractivity contribution in [3.8, 4) is 0 Å². The van der Waals surface area contributed by atoms with Gasteiger partial charge in [0.05, 0.1) is 35.1 Å². The average Bonchev–Trinajstić information content (AvgIpc) is 3.19. The van der Waals surface area contributed by atoms with E-state index >= 15 is 0 Å². The third kappa shape index (κ3) is 3.75. The smallest absolute Gasteiger partial charge is 0.228 e. The molecule has 0 saturated carbocycles. The Labute approximate surface area is 186 Å². The summed E-state index contributed by atoms with van der Waals surface area (Å²) in [6, 6.07) is 6.19. The van der Waals surface area contributed by atoms with Gasteiger partial charge in [0, 0.05) is 36.1 Å². The fourth-order valence-electron chi connectivity index (χ4n) is 4.09. The van der Waals surface area contributed by atoms with Crippen molar-refractivity contribution in [1.82, 2.24) is 24.7 Å². The maximum Gasteiger partial charge on any atom is 0.228 e. The molecule has 1 N–H and O–H groups in total. The number of aryl methyl sites for hydroxylation is 1. The molecule has 0 spiro atoms. The van der Waals surface area contributed by atoms with Gasteiger partial charge in [-0.05, 0) is 32.4 Å². The van der Waals surface area contributed by atoms with Crippen LogP contribution in [0.5, 0.6) is 0 Å². The minimum absolute atomic E-state index is 0.179. The van der Waals surface area contributed by atoms with Crippen molar-refractivity contribution < 1.29 is 8.42 Å². The molecule has 1 fully saturated rings. The van der Waals surface area contributed by atoms with Crippen LogP contribution >= 0.6 is 0 Å². The van der Waals surface area contributed by atoms with Crippen LogP contribution in [0.15, 0.2) is 36.8 Å². The molecule has 166 valence electrons. The maximum atomic E-state index is 11.7. The number of hydrogen-bond acceptors (Lipinski definition) is 8. The van der Waals surface area contributed by atoms with Crippen molar-refractivity contribution >= 4 is 49.1 Å². The first-order valence-corrected chi connectivity index (χ1v) is 12.4. The van der Waals surface area contributed by atoms with Crippen LogP contribution in [-0.2, 0) is 9.84 Å². The number of nitrogens with zero attached hydrogens (tertiary/aromatic N) is 6. The lowest BCUT2D eigenvalue weighted by Gasteiger charge is -2.29.